The minimum atomic E-state index is -0.559. The molecule has 0 aromatic heterocycles. The summed E-state index contributed by atoms with van der Waals surface area (Å²) < 4.78 is 5.85. The summed E-state index contributed by atoms with van der Waals surface area (Å²) in [4.78, 5) is 17.9. The van der Waals surface area contributed by atoms with Gasteiger partial charge in [-0.2, -0.15) is 0 Å². The highest BCUT2D eigenvalue weighted by Crippen LogP contribution is 2.66. The molecule has 2 aromatic carbocycles. The Morgan fingerprint density at radius 1 is 1.15 bits per heavy atom. The molecule has 180 valence electrons. The van der Waals surface area contributed by atoms with E-state index in [0.29, 0.717) is 0 Å². The average Bonchev–Trinajstić information content (AvgIpc) is 3.24. The third-order valence-corrected chi connectivity index (χ3v) is 9.48. The fraction of sp³-hybridized carbons (Fsp3) is 0.536. The van der Waals surface area contributed by atoms with Gasteiger partial charge >= 0.3 is 6.09 Å². The Morgan fingerprint density at radius 2 is 1.88 bits per heavy atom. The number of rotatable bonds is 5. The molecule has 1 unspecified atom stereocenters. The van der Waals surface area contributed by atoms with Gasteiger partial charge in [-0.05, 0) is 41.9 Å². The molecule has 1 aliphatic carbocycles. The van der Waals surface area contributed by atoms with Gasteiger partial charge in [0.2, 0.25) is 0 Å². The number of carbonyl (C=O) groups is 1. The van der Waals surface area contributed by atoms with Crippen molar-refractivity contribution in [2.75, 3.05) is 18.6 Å². The summed E-state index contributed by atoms with van der Waals surface area (Å²) in [6, 6.07) is 18.0. The Labute approximate surface area is 201 Å². The van der Waals surface area contributed by atoms with Crippen LogP contribution in [0.15, 0.2) is 54.6 Å². The smallest absolute Gasteiger partial charge is 0.410 e. The van der Waals surface area contributed by atoms with E-state index in [1.165, 1.54) is 5.56 Å². The molecule has 3 bridgehead atoms. The van der Waals surface area contributed by atoms with E-state index in [0.717, 1.165) is 30.5 Å². The zero-order valence-corrected chi connectivity index (χ0v) is 19.9. The first-order chi connectivity index (χ1) is 16.5. The third kappa shape index (κ3) is 2.78. The largest absolute Gasteiger partial charge is 0.445 e. The number of carbonyl (C=O) groups excluding carboxylic acids is 1. The molecule has 3 fully saturated rings. The fourth-order valence-electron chi connectivity index (χ4n) is 8.17. The molecule has 6 heteroatoms. The SMILES string of the molecule is CC[C@@H](CO)[C@@H]1C[C@H]2[C@@H]3N(C)c4ccccc4C34C[C@@H]([C@H]1[C@H]4O)N2C(=O)OCc1ccccc1. The van der Waals surface area contributed by atoms with Crippen molar-refractivity contribution >= 4 is 11.8 Å². The van der Waals surface area contributed by atoms with Crippen molar-refractivity contribution < 1.29 is 19.7 Å². The van der Waals surface area contributed by atoms with E-state index in [9.17, 15) is 15.0 Å². The molecule has 3 heterocycles. The van der Waals surface area contributed by atoms with Crippen LogP contribution in [0, 0.1) is 17.8 Å². The molecule has 2 aromatic rings. The quantitative estimate of drug-likeness (QED) is 0.711. The van der Waals surface area contributed by atoms with Crippen molar-refractivity contribution in [3.05, 3.63) is 65.7 Å². The Bertz CT molecular complexity index is 1070. The number of benzene rings is 2. The molecule has 6 nitrogen and oxygen atoms in total. The molecule has 1 saturated carbocycles. The number of anilines is 1. The van der Waals surface area contributed by atoms with Gasteiger partial charge in [0.1, 0.15) is 6.61 Å². The third-order valence-electron chi connectivity index (χ3n) is 9.48. The minimum Gasteiger partial charge on any atom is -0.445 e. The lowest BCUT2D eigenvalue weighted by Gasteiger charge is -2.54. The molecule has 2 N–H and O–H groups in total. The van der Waals surface area contributed by atoms with Crippen LogP contribution in [0.5, 0.6) is 0 Å². The molecule has 34 heavy (non-hydrogen) atoms. The van der Waals surface area contributed by atoms with E-state index >= 15 is 0 Å². The lowest BCUT2D eigenvalue weighted by molar-refractivity contribution is -0.0415. The summed E-state index contributed by atoms with van der Waals surface area (Å²) >= 11 is 0. The van der Waals surface area contributed by atoms with Gasteiger partial charge in [0.25, 0.3) is 0 Å². The van der Waals surface area contributed by atoms with Crippen LogP contribution in [-0.4, -0.2) is 59.1 Å². The lowest BCUT2D eigenvalue weighted by Crippen LogP contribution is -2.67. The van der Waals surface area contributed by atoms with Crippen LogP contribution < -0.4 is 4.90 Å². The van der Waals surface area contributed by atoms with Gasteiger partial charge in [-0.25, -0.2) is 4.79 Å². The van der Waals surface area contributed by atoms with Crippen LogP contribution in [0.1, 0.15) is 37.3 Å². The number of hydrogen-bond donors (Lipinski definition) is 2. The first kappa shape index (κ1) is 21.9. The van der Waals surface area contributed by atoms with Gasteiger partial charge in [0.05, 0.1) is 18.2 Å². The van der Waals surface area contributed by atoms with Crippen LogP contribution in [-0.2, 0) is 16.8 Å². The highest BCUT2D eigenvalue weighted by molar-refractivity contribution is 5.73. The summed E-state index contributed by atoms with van der Waals surface area (Å²) in [5.41, 5.74) is 2.95. The number of aliphatic hydroxyl groups excluding tert-OH is 2. The van der Waals surface area contributed by atoms with Crippen molar-refractivity contribution in [3.8, 4) is 0 Å². The minimum absolute atomic E-state index is 0.00776. The molecule has 0 radical (unpaired) electrons. The summed E-state index contributed by atoms with van der Waals surface area (Å²) in [5.74, 6) is 0.243. The molecule has 4 aliphatic rings. The van der Waals surface area contributed by atoms with E-state index in [1.54, 1.807) is 0 Å². The summed E-state index contributed by atoms with van der Waals surface area (Å²) in [5, 5.41) is 22.2. The van der Waals surface area contributed by atoms with Gasteiger partial charge in [-0.15, -0.1) is 0 Å². The van der Waals surface area contributed by atoms with Gasteiger partial charge in [0.15, 0.2) is 0 Å². The Morgan fingerprint density at radius 3 is 2.62 bits per heavy atom. The Balaban J connectivity index is 1.40. The second-order valence-electron chi connectivity index (χ2n) is 10.7. The molecule has 3 aliphatic heterocycles. The lowest BCUT2D eigenvalue weighted by atomic mass is 9.67. The number of likely N-dealkylation sites (N-methyl/N-ethyl adjacent to an activating group) is 1. The monoisotopic (exact) mass is 462 g/mol. The first-order valence-electron chi connectivity index (χ1n) is 12.6. The Kier molecular flexibility index (Phi) is 5.15. The predicted molar refractivity (Wildman–Crippen MR) is 129 cm³/mol. The van der Waals surface area contributed by atoms with Crippen molar-refractivity contribution in [1.29, 1.82) is 0 Å². The molecule has 6 rings (SSSR count). The number of para-hydroxylation sites is 1. The number of nitrogens with zero attached hydrogens (tertiary/aromatic N) is 2. The number of aliphatic hydroxyl groups is 2. The molecular weight excluding hydrogens is 428 g/mol. The second-order valence-corrected chi connectivity index (χ2v) is 10.7. The van der Waals surface area contributed by atoms with Crippen molar-refractivity contribution in [1.82, 2.24) is 4.90 Å². The highest BCUT2D eigenvalue weighted by atomic mass is 16.6. The van der Waals surface area contributed by atoms with Crippen LogP contribution >= 0.6 is 0 Å². The number of fused-ring (bicyclic) bond motifs is 3. The molecular formula is C28H34N2O4. The molecule has 1 spiro atoms. The van der Waals surface area contributed by atoms with E-state index in [1.807, 2.05) is 41.3 Å². The van der Waals surface area contributed by atoms with E-state index < -0.39 is 6.10 Å². The fourth-order valence-corrected chi connectivity index (χ4v) is 8.17. The number of amides is 1. The normalized spacial score (nSPS) is 35.8. The zero-order chi connectivity index (χ0) is 23.6. The number of hydrogen-bond acceptors (Lipinski definition) is 5. The maximum absolute atomic E-state index is 13.6. The summed E-state index contributed by atoms with van der Waals surface area (Å²) in [7, 11) is 2.10. The Hall–Kier alpha value is -2.57. The van der Waals surface area contributed by atoms with Crippen LogP contribution in [0.3, 0.4) is 0 Å². The van der Waals surface area contributed by atoms with Gasteiger partial charge in [-0.3, -0.25) is 4.90 Å². The number of piperidine rings is 2. The predicted octanol–water partition coefficient (Wildman–Crippen LogP) is 3.55. The molecule has 2 saturated heterocycles. The topological polar surface area (TPSA) is 73.2 Å². The standard InChI is InChI=1S/C28H34N2O4/c1-3-18(15-31)19-13-22-25-28(20-11-7-8-12-21(20)29(25)2)14-23(24(19)26(28)32)30(22)27(33)34-16-17-9-5-4-6-10-17/h4-12,18-19,22-26,31-32H,3,13-16H2,1-2H3/t18-,19-,22-,23-,24-,25-,26+,28?/m0/s1. The van der Waals surface area contributed by atoms with Crippen LogP contribution in [0.25, 0.3) is 0 Å². The van der Waals surface area contributed by atoms with Gasteiger partial charge < -0.3 is 19.8 Å². The van der Waals surface area contributed by atoms with Crippen molar-refractivity contribution in [2.24, 2.45) is 17.8 Å². The van der Waals surface area contributed by atoms with Crippen LogP contribution in [0.2, 0.25) is 0 Å². The van der Waals surface area contributed by atoms with Gasteiger partial charge in [0, 0.05) is 36.7 Å². The van der Waals surface area contributed by atoms with E-state index in [4.69, 9.17) is 4.74 Å². The van der Waals surface area contributed by atoms with Gasteiger partial charge in [-0.1, -0.05) is 61.9 Å². The van der Waals surface area contributed by atoms with Crippen LogP contribution in [0.4, 0.5) is 10.5 Å². The highest BCUT2D eigenvalue weighted by Gasteiger charge is 2.74. The van der Waals surface area contributed by atoms with E-state index in [2.05, 4.69) is 37.1 Å². The van der Waals surface area contributed by atoms with Crippen molar-refractivity contribution in [2.45, 2.75) is 62.4 Å². The number of ether oxygens (including phenoxy) is 1. The summed E-state index contributed by atoms with van der Waals surface area (Å²) in [6.07, 6.45) is 1.54. The second kappa shape index (κ2) is 7.99. The zero-order valence-electron chi connectivity index (χ0n) is 19.9. The van der Waals surface area contributed by atoms with Crippen molar-refractivity contribution in [3.63, 3.8) is 0 Å². The first-order valence-corrected chi connectivity index (χ1v) is 12.6. The molecule has 8 atom stereocenters. The average molecular weight is 463 g/mol. The van der Waals surface area contributed by atoms with E-state index in [-0.39, 0.29) is 60.6 Å². The summed E-state index contributed by atoms with van der Waals surface area (Å²) in [6.45, 7) is 2.47. The maximum Gasteiger partial charge on any atom is 0.410 e. The maximum atomic E-state index is 13.6. The molecule has 1 amide bonds.